The molecule has 1 N–H and O–H groups in total. The Balaban J connectivity index is 3.03. The first-order valence-electron chi connectivity index (χ1n) is 5.14. The lowest BCUT2D eigenvalue weighted by Crippen LogP contribution is -2.12. The van der Waals surface area contributed by atoms with Crippen LogP contribution in [0.3, 0.4) is 0 Å². The van der Waals surface area contributed by atoms with Crippen LogP contribution in [0.5, 0.6) is 5.75 Å². The van der Waals surface area contributed by atoms with E-state index in [1.807, 2.05) is 0 Å². The van der Waals surface area contributed by atoms with Gasteiger partial charge >= 0.3 is 13.6 Å². The molecule has 0 radical (unpaired) electrons. The van der Waals surface area contributed by atoms with Gasteiger partial charge in [0.25, 0.3) is 0 Å². The molecule has 0 aromatic heterocycles. The van der Waals surface area contributed by atoms with Crippen molar-refractivity contribution >= 4 is 30.9 Å². The highest BCUT2D eigenvalue weighted by Crippen LogP contribution is 2.41. The number of ether oxygens (including phenoxy) is 1. The van der Waals surface area contributed by atoms with Gasteiger partial charge in [0, 0.05) is 0 Å². The maximum Gasteiger partial charge on any atom is 0.411 e. The van der Waals surface area contributed by atoms with Crippen LogP contribution < -0.4 is 4.52 Å². The van der Waals surface area contributed by atoms with Crippen molar-refractivity contribution in [2.45, 2.75) is 20.0 Å². The van der Waals surface area contributed by atoms with Crippen molar-refractivity contribution in [3.8, 4) is 5.75 Å². The Hall–Kier alpha value is -1.23. The number of esters is 1. The van der Waals surface area contributed by atoms with Crippen LogP contribution in [-0.2, 0) is 9.30 Å². The zero-order valence-corrected chi connectivity index (χ0v) is 11.6. The van der Waals surface area contributed by atoms with E-state index in [9.17, 15) is 14.3 Å². The standard InChI is InChI=1S/C11H13O5PS/c1-8(2)15-11(12)9-5-3-4-6-10(9)16-17(13,14)7-18/h3-8H,1-2H3,(H,13,14). The molecule has 1 aromatic rings. The van der Waals surface area contributed by atoms with E-state index in [1.54, 1.807) is 26.0 Å². The zero-order chi connectivity index (χ0) is 13.8. The van der Waals surface area contributed by atoms with Crippen LogP contribution in [0.15, 0.2) is 24.3 Å². The molecule has 0 heterocycles. The molecule has 0 fully saturated rings. The Morgan fingerprint density at radius 1 is 1.44 bits per heavy atom. The molecule has 0 aliphatic heterocycles. The molecule has 0 saturated carbocycles. The highest BCUT2D eigenvalue weighted by Gasteiger charge is 2.22. The molecule has 0 aliphatic carbocycles. The minimum Gasteiger partial charge on any atom is -0.459 e. The molecule has 1 aromatic carbocycles. The molecule has 0 bridgehead atoms. The molecule has 0 saturated heterocycles. The third kappa shape index (κ3) is 4.22. The molecule has 0 amide bonds. The molecule has 0 spiro atoms. The van der Waals surface area contributed by atoms with Gasteiger partial charge in [0.1, 0.15) is 16.4 Å². The van der Waals surface area contributed by atoms with Gasteiger partial charge in [0.05, 0.1) is 6.10 Å². The minimum atomic E-state index is -4.01. The monoisotopic (exact) mass is 288 g/mol. The van der Waals surface area contributed by atoms with Gasteiger partial charge in [-0.05, 0) is 26.0 Å². The van der Waals surface area contributed by atoms with Crippen LogP contribution in [0.4, 0.5) is 0 Å². The molecule has 1 unspecified atom stereocenters. The molecular formula is C11H13O5PS. The topological polar surface area (TPSA) is 72.8 Å². The largest absolute Gasteiger partial charge is 0.459 e. The third-order valence-corrected chi connectivity index (χ3v) is 3.34. The fraction of sp³-hybridized carbons (Fsp3) is 0.273. The van der Waals surface area contributed by atoms with Gasteiger partial charge < -0.3 is 14.2 Å². The molecule has 7 heteroatoms. The Morgan fingerprint density at radius 3 is 2.61 bits per heavy atom. The summed E-state index contributed by atoms with van der Waals surface area (Å²) in [6.07, 6.45) is -0.294. The van der Waals surface area contributed by atoms with Crippen molar-refractivity contribution in [1.29, 1.82) is 0 Å². The van der Waals surface area contributed by atoms with Crippen LogP contribution in [0, 0.1) is 0 Å². The Kier molecular flexibility index (Phi) is 5.02. The Bertz CT molecular complexity index is 500. The first kappa shape index (κ1) is 14.8. The van der Waals surface area contributed by atoms with E-state index < -0.39 is 13.6 Å². The average Bonchev–Trinajstić information content (AvgIpc) is 2.28. The van der Waals surface area contributed by atoms with Crippen molar-refractivity contribution in [1.82, 2.24) is 0 Å². The number of hydrogen-bond donors (Lipinski definition) is 1. The maximum absolute atomic E-state index is 11.7. The molecule has 1 rings (SSSR count). The second-order valence-corrected chi connectivity index (χ2v) is 5.87. The minimum absolute atomic E-state index is 0.0323. The number of hydrogen-bond acceptors (Lipinski definition) is 5. The number of para-hydroxylation sites is 1. The summed E-state index contributed by atoms with van der Waals surface area (Å²) in [7, 11) is -4.01. The summed E-state index contributed by atoms with van der Waals surface area (Å²) in [5.41, 5.74) is 0.0809. The number of thiocarbonyl (C=S) groups is 1. The third-order valence-electron chi connectivity index (χ3n) is 1.81. The van der Waals surface area contributed by atoms with Crippen LogP contribution in [-0.4, -0.2) is 22.1 Å². The summed E-state index contributed by atoms with van der Waals surface area (Å²) in [5.74, 6) is -0.653. The second kappa shape index (κ2) is 6.09. The predicted octanol–water partition coefficient (Wildman–Crippen LogP) is 2.77. The van der Waals surface area contributed by atoms with E-state index >= 15 is 0 Å². The first-order chi connectivity index (χ1) is 8.35. The van der Waals surface area contributed by atoms with Crippen molar-refractivity contribution < 1.29 is 23.5 Å². The van der Waals surface area contributed by atoms with Crippen LogP contribution in [0.2, 0.25) is 0 Å². The van der Waals surface area contributed by atoms with Gasteiger partial charge in [-0.25, -0.2) is 9.36 Å². The molecule has 98 valence electrons. The fourth-order valence-corrected chi connectivity index (χ4v) is 1.77. The van der Waals surface area contributed by atoms with Crippen molar-refractivity contribution in [3.05, 3.63) is 29.8 Å². The molecule has 1 atom stereocenters. The highest BCUT2D eigenvalue weighted by atomic mass is 32.1. The number of carbonyl (C=O) groups excluding carboxylic acids is 1. The van der Waals surface area contributed by atoms with Crippen LogP contribution >= 0.6 is 19.8 Å². The second-order valence-electron chi connectivity index (χ2n) is 3.71. The summed E-state index contributed by atoms with van der Waals surface area (Å²) in [4.78, 5) is 21.0. The normalized spacial score (nSPS) is 13.8. The number of benzene rings is 1. The van der Waals surface area contributed by atoms with Gasteiger partial charge in [-0.2, -0.15) is 0 Å². The molecular weight excluding hydrogens is 275 g/mol. The lowest BCUT2D eigenvalue weighted by Gasteiger charge is -2.13. The maximum atomic E-state index is 11.7. The first-order valence-corrected chi connectivity index (χ1v) is 7.26. The molecule has 0 aliphatic rings. The van der Waals surface area contributed by atoms with Crippen LogP contribution in [0.1, 0.15) is 24.2 Å². The van der Waals surface area contributed by atoms with Gasteiger partial charge in [-0.3, -0.25) is 0 Å². The quantitative estimate of drug-likeness (QED) is 0.510. The smallest absolute Gasteiger partial charge is 0.411 e. The van der Waals surface area contributed by atoms with Crippen LogP contribution in [0.25, 0.3) is 0 Å². The summed E-state index contributed by atoms with van der Waals surface area (Å²) >= 11 is 4.39. The van der Waals surface area contributed by atoms with E-state index in [1.165, 1.54) is 12.1 Å². The predicted molar refractivity (Wildman–Crippen MR) is 71.1 cm³/mol. The number of rotatable bonds is 5. The summed E-state index contributed by atoms with van der Waals surface area (Å²) in [6, 6.07) is 6.02. The summed E-state index contributed by atoms with van der Waals surface area (Å²) in [5, 5.41) is 0.636. The summed E-state index contributed by atoms with van der Waals surface area (Å²) < 4.78 is 21.2. The van der Waals surface area contributed by atoms with Gasteiger partial charge in [-0.1, -0.05) is 24.4 Å². The van der Waals surface area contributed by atoms with Gasteiger partial charge in [-0.15, -0.1) is 0 Å². The fourth-order valence-electron chi connectivity index (χ4n) is 1.15. The van der Waals surface area contributed by atoms with E-state index in [0.717, 1.165) is 0 Å². The zero-order valence-electron chi connectivity index (χ0n) is 9.90. The van der Waals surface area contributed by atoms with E-state index in [4.69, 9.17) is 9.26 Å². The van der Waals surface area contributed by atoms with Crippen molar-refractivity contribution in [2.24, 2.45) is 0 Å². The van der Waals surface area contributed by atoms with Crippen molar-refractivity contribution in [3.63, 3.8) is 0 Å². The van der Waals surface area contributed by atoms with Crippen molar-refractivity contribution in [2.75, 3.05) is 0 Å². The van der Waals surface area contributed by atoms with Gasteiger partial charge in [0.15, 0.2) is 0 Å². The number of carbonyl (C=O) groups is 1. The Labute approximate surface area is 110 Å². The summed E-state index contributed by atoms with van der Waals surface area (Å²) in [6.45, 7) is 3.41. The van der Waals surface area contributed by atoms with E-state index in [-0.39, 0.29) is 17.4 Å². The highest BCUT2D eigenvalue weighted by molar-refractivity contribution is 7.94. The molecule has 5 nitrogen and oxygen atoms in total. The molecule has 18 heavy (non-hydrogen) atoms. The lowest BCUT2D eigenvalue weighted by atomic mass is 10.2. The van der Waals surface area contributed by atoms with Gasteiger partial charge in [0.2, 0.25) is 0 Å². The Morgan fingerprint density at radius 2 is 2.06 bits per heavy atom. The lowest BCUT2D eigenvalue weighted by molar-refractivity contribution is 0.0376. The average molecular weight is 288 g/mol. The van der Waals surface area contributed by atoms with E-state index in [0.29, 0.717) is 5.11 Å². The SMILES string of the molecule is CC(C)OC(=O)c1ccccc1OP(=O)(O)C=S. The van der Waals surface area contributed by atoms with E-state index in [2.05, 4.69) is 12.2 Å².